The summed E-state index contributed by atoms with van der Waals surface area (Å²) in [5, 5.41) is 18.3. The summed E-state index contributed by atoms with van der Waals surface area (Å²) in [5.74, 6) is -0.539. The Balaban J connectivity index is 1.56. The lowest BCUT2D eigenvalue weighted by atomic mass is 9.96. The van der Waals surface area contributed by atoms with Gasteiger partial charge in [-0.3, -0.25) is 4.79 Å². The minimum Gasteiger partial charge on any atom is -0.485 e. The topological polar surface area (TPSA) is 123 Å². The van der Waals surface area contributed by atoms with Gasteiger partial charge in [0.1, 0.15) is 6.10 Å². The van der Waals surface area contributed by atoms with Crippen LogP contribution in [0.25, 0.3) is 0 Å². The number of ether oxygens (including phenoxy) is 1. The first-order chi connectivity index (χ1) is 20.9. The fourth-order valence-electron chi connectivity index (χ4n) is 5.46. The van der Waals surface area contributed by atoms with E-state index in [4.69, 9.17) is 4.74 Å². The van der Waals surface area contributed by atoms with Crippen LogP contribution in [0.4, 0.5) is 34.1 Å². The van der Waals surface area contributed by atoms with E-state index in [2.05, 4.69) is 16.0 Å². The molecule has 10 nitrogen and oxygen atoms in total. The Bertz CT molecular complexity index is 1320. The van der Waals surface area contributed by atoms with Crippen molar-refractivity contribution in [2.45, 2.75) is 70.3 Å². The van der Waals surface area contributed by atoms with Crippen LogP contribution in [0.5, 0.6) is 5.75 Å². The number of fused-ring (bicyclic) bond motifs is 1. The molecule has 1 fully saturated rings. The standard InChI is InChI=1S/C31H40F3N5O5/c1-19-16-39(20(2)18-40)28(41)24-10-7-11-25(37-29(42)35-22-8-5-4-6-9-22)27(24)44-26(19)17-38(3)30(43)36-23-14-12-21(13-15-23)31(32,33)34/h7,10-15,19-20,22,26,40H,4-6,8-9,16-18H2,1-3H3,(H,36,43)(H2,35,37,42)/t19-,20+,26-/m1/s1. The molecule has 13 heteroatoms. The second-order valence-corrected chi connectivity index (χ2v) is 11.6. The van der Waals surface area contributed by atoms with Crippen molar-refractivity contribution in [1.29, 1.82) is 0 Å². The van der Waals surface area contributed by atoms with E-state index in [9.17, 15) is 32.7 Å². The number of likely N-dealkylation sites (N-methyl/N-ethyl adjacent to an activating group) is 1. The first-order valence-electron chi connectivity index (χ1n) is 14.9. The quantitative estimate of drug-likeness (QED) is 0.324. The van der Waals surface area contributed by atoms with Crippen molar-refractivity contribution in [2.24, 2.45) is 5.92 Å². The summed E-state index contributed by atoms with van der Waals surface area (Å²) >= 11 is 0. The third-order valence-corrected chi connectivity index (χ3v) is 8.14. The molecule has 4 N–H and O–H groups in total. The van der Waals surface area contributed by atoms with E-state index in [1.165, 1.54) is 24.1 Å². The van der Waals surface area contributed by atoms with Crippen LogP contribution in [0.1, 0.15) is 61.9 Å². The van der Waals surface area contributed by atoms with Crippen molar-refractivity contribution in [2.75, 3.05) is 37.4 Å². The van der Waals surface area contributed by atoms with Gasteiger partial charge in [0.25, 0.3) is 5.91 Å². The highest BCUT2D eigenvalue weighted by molar-refractivity contribution is 6.01. The molecule has 5 amide bonds. The van der Waals surface area contributed by atoms with Gasteiger partial charge >= 0.3 is 18.2 Å². The van der Waals surface area contributed by atoms with Crippen molar-refractivity contribution in [3.8, 4) is 5.75 Å². The van der Waals surface area contributed by atoms with Gasteiger partial charge in [0, 0.05) is 31.2 Å². The summed E-state index contributed by atoms with van der Waals surface area (Å²) < 4.78 is 45.2. The van der Waals surface area contributed by atoms with Gasteiger partial charge in [-0.25, -0.2) is 9.59 Å². The van der Waals surface area contributed by atoms with Gasteiger partial charge in [0.15, 0.2) is 5.75 Å². The third-order valence-electron chi connectivity index (χ3n) is 8.14. The Kier molecular flexibility index (Phi) is 10.6. The maximum absolute atomic E-state index is 13.7. The Labute approximate surface area is 254 Å². The van der Waals surface area contributed by atoms with E-state index in [0.717, 1.165) is 44.2 Å². The Morgan fingerprint density at radius 1 is 1.09 bits per heavy atom. The molecule has 2 aromatic carbocycles. The average Bonchev–Trinajstić information content (AvgIpc) is 2.99. The number of aliphatic hydroxyl groups excluding tert-OH is 1. The molecule has 0 unspecified atom stereocenters. The number of carbonyl (C=O) groups is 3. The maximum Gasteiger partial charge on any atom is 0.416 e. The van der Waals surface area contributed by atoms with Crippen molar-refractivity contribution < 1.29 is 37.4 Å². The number of anilines is 2. The normalized spacial score (nSPS) is 20.0. The number of amides is 5. The lowest BCUT2D eigenvalue weighted by Gasteiger charge is -2.38. The Morgan fingerprint density at radius 2 is 1.77 bits per heavy atom. The minimum absolute atomic E-state index is 0.0468. The van der Waals surface area contributed by atoms with Gasteiger partial charge < -0.3 is 35.6 Å². The summed E-state index contributed by atoms with van der Waals surface area (Å²) in [6, 6.07) is 7.56. The van der Waals surface area contributed by atoms with E-state index >= 15 is 0 Å². The van der Waals surface area contributed by atoms with Crippen LogP contribution >= 0.6 is 0 Å². The van der Waals surface area contributed by atoms with Gasteiger partial charge in [-0.1, -0.05) is 32.3 Å². The molecule has 0 saturated heterocycles. The fourth-order valence-corrected chi connectivity index (χ4v) is 5.46. The number of aliphatic hydroxyl groups is 1. The van der Waals surface area contributed by atoms with E-state index in [1.54, 1.807) is 30.0 Å². The fraction of sp³-hybridized carbons (Fsp3) is 0.516. The number of rotatable bonds is 7. The summed E-state index contributed by atoms with van der Waals surface area (Å²) in [5.41, 5.74) is -0.144. The number of benzene rings is 2. The highest BCUT2D eigenvalue weighted by Crippen LogP contribution is 2.35. The number of nitrogens with one attached hydrogen (secondary N) is 3. The number of carbonyl (C=O) groups excluding carboxylic acids is 3. The van der Waals surface area contributed by atoms with Gasteiger partial charge in [-0.2, -0.15) is 13.2 Å². The number of nitrogens with zero attached hydrogens (tertiary/aromatic N) is 2. The molecule has 1 heterocycles. The molecule has 1 aliphatic carbocycles. The predicted molar refractivity (Wildman–Crippen MR) is 160 cm³/mol. The highest BCUT2D eigenvalue weighted by Gasteiger charge is 2.35. The van der Waals surface area contributed by atoms with Gasteiger partial charge in [-0.05, 0) is 56.2 Å². The summed E-state index contributed by atoms with van der Waals surface area (Å²) in [7, 11) is 1.52. The lowest BCUT2D eigenvalue weighted by molar-refractivity contribution is -0.137. The van der Waals surface area contributed by atoms with E-state index in [-0.39, 0.29) is 60.3 Å². The van der Waals surface area contributed by atoms with Crippen LogP contribution in [-0.2, 0) is 6.18 Å². The highest BCUT2D eigenvalue weighted by atomic mass is 19.4. The van der Waals surface area contributed by atoms with E-state index in [1.807, 2.05) is 6.92 Å². The smallest absolute Gasteiger partial charge is 0.416 e. The molecule has 240 valence electrons. The average molecular weight is 620 g/mol. The zero-order chi connectivity index (χ0) is 32.0. The van der Waals surface area contributed by atoms with Gasteiger partial charge in [0.2, 0.25) is 0 Å². The molecule has 4 rings (SSSR count). The molecule has 0 bridgehead atoms. The van der Waals surface area contributed by atoms with Crippen molar-refractivity contribution in [3.05, 3.63) is 53.6 Å². The molecule has 1 aliphatic heterocycles. The molecule has 1 saturated carbocycles. The lowest BCUT2D eigenvalue weighted by Crippen LogP contribution is -2.50. The number of hydrogen-bond acceptors (Lipinski definition) is 5. The maximum atomic E-state index is 13.7. The molecule has 2 aliphatic rings. The molecule has 44 heavy (non-hydrogen) atoms. The van der Waals surface area contributed by atoms with Crippen LogP contribution < -0.4 is 20.7 Å². The number of halogens is 3. The van der Waals surface area contributed by atoms with Gasteiger partial charge in [0.05, 0.1) is 36.0 Å². The zero-order valence-electron chi connectivity index (χ0n) is 25.1. The molecular weight excluding hydrogens is 579 g/mol. The zero-order valence-corrected chi connectivity index (χ0v) is 25.1. The molecule has 0 radical (unpaired) electrons. The minimum atomic E-state index is -4.49. The first kappa shape index (κ1) is 32.9. The number of para-hydroxylation sites is 1. The first-order valence-corrected chi connectivity index (χ1v) is 14.9. The number of alkyl halides is 3. The third kappa shape index (κ3) is 8.13. The molecule has 0 aromatic heterocycles. The van der Waals surface area contributed by atoms with Crippen molar-refractivity contribution in [1.82, 2.24) is 15.1 Å². The van der Waals surface area contributed by atoms with Crippen molar-refractivity contribution in [3.63, 3.8) is 0 Å². The monoisotopic (exact) mass is 619 g/mol. The van der Waals surface area contributed by atoms with Crippen molar-refractivity contribution >= 4 is 29.3 Å². The number of hydrogen-bond donors (Lipinski definition) is 4. The molecular formula is C31H40F3N5O5. The van der Waals surface area contributed by atoms with E-state index < -0.39 is 35.9 Å². The van der Waals surface area contributed by atoms with E-state index in [0.29, 0.717) is 0 Å². The van der Waals surface area contributed by atoms with Crippen LogP contribution in [0.3, 0.4) is 0 Å². The Morgan fingerprint density at radius 3 is 2.41 bits per heavy atom. The van der Waals surface area contributed by atoms with Crippen LogP contribution in [0.2, 0.25) is 0 Å². The molecule has 0 spiro atoms. The second kappa shape index (κ2) is 14.2. The molecule has 3 atom stereocenters. The SMILES string of the molecule is C[C@@H]1CN([C@@H](C)CO)C(=O)c2cccc(NC(=O)NC3CCCCC3)c2O[C@@H]1CN(C)C(=O)Nc1ccc(C(F)(F)F)cc1. The summed E-state index contributed by atoms with van der Waals surface area (Å²) in [6.07, 6.45) is -0.144. The van der Waals surface area contributed by atoms with Crippen LogP contribution in [-0.4, -0.2) is 77.8 Å². The second-order valence-electron chi connectivity index (χ2n) is 11.6. The molecule has 2 aromatic rings. The Hall–Kier alpha value is -4.00. The van der Waals surface area contributed by atoms with Crippen LogP contribution in [0.15, 0.2) is 42.5 Å². The number of urea groups is 2. The predicted octanol–water partition coefficient (Wildman–Crippen LogP) is 5.54. The van der Waals surface area contributed by atoms with Crippen LogP contribution in [0, 0.1) is 5.92 Å². The largest absolute Gasteiger partial charge is 0.485 e. The van der Waals surface area contributed by atoms with Gasteiger partial charge in [-0.15, -0.1) is 0 Å². The summed E-state index contributed by atoms with van der Waals surface area (Å²) in [6.45, 7) is 3.58. The summed E-state index contributed by atoms with van der Waals surface area (Å²) in [4.78, 5) is 42.5.